The zero-order valence-electron chi connectivity index (χ0n) is 17.8. The van der Waals surface area contributed by atoms with Crippen molar-refractivity contribution in [2.45, 2.75) is 45.2 Å². The van der Waals surface area contributed by atoms with Crippen molar-refractivity contribution in [1.29, 1.82) is 0 Å². The zero-order valence-corrected chi connectivity index (χ0v) is 9.55. The summed E-state index contributed by atoms with van der Waals surface area (Å²) in [5.74, 6) is 0. The summed E-state index contributed by atoms with van der Waals surface area (Å²) in [7, 11) is 0. The molecule has 0 bridgehead atoms. The lowest BCUT2D eigenvalue weighted by molar-refractivity contribution is 0.121. The van der Waals surface area contributed by atoms with E-state index in [0.717, 1.165) is 0 Å². The van der Waals surface area contributed by atoms with E-state index in [4.69, 9.17) is 23.9 Å². The molecule has 0 heterocycles. The van der Waals surface area contributed by atoms with E-state index in [1.807, 2.05) is 0 Å². The van der Waals surface area contributed by atoms with Gasteiger partial charge in [-0.25, -0.2) is 0 Å². The summed E-state index contributed by atoms with van der Waals surface area (Å²) >= 11 is 5.84. The molecule has 2 N–H and O–H groups in total. The maximum atomic E-state index is 10.4. The second-order valence-corrected chi connectivity index (χ2v) is 4.12. The van der Waals surface area contributed by atoms with E-state index in [1.54, 1.807) is 12.1 Å². The Morgan fingerprint density at radius 3 is 2.69 bits per heavy atom. The summed E-state index contributed by atoms with van der Waals surface area (Å²) in [4.78, 5) is 0. The van der Waals surface area contributed by atoms with Gasteiger partial charge in [0.05, 0.1) is 6.10 Å². The van der Waals surface area contributed by atoms with E-state index in [9.17, 15) is 5.11 Å². The average Bonchev–Trinajstić information content (AvgIpc) is 2.39. The average molecular weight is 251 g/mol. The fraction of sp³-hybridized carbons (Fsp3) is 0.538. The summed E-state index contributed by atoms with van der Waals surface area (Å²) in [5, 5.41) is 12.9. The molecular weight excluding hydrogens is 222 g/mol. The third-order valence-electron chi connectivity index (χ3n) is 2.11. The quantitative estimate of drug-likeness (QED) is 0.864. The molecule has 0 aromatic heterocycles. The third kappa shape index (κ3) is 4.12. The van der Waals surface area contributed by atoms with Crippen molar-refractivity contribution >= 4 is 11.6 Å². The fourth-order valence-corrected chi connectivity index (χ4v) is 1.60. The molecule has 16 heavy (non-hydrogen) atoms. The number of nitrogens with one attached hydrogen (secondary N) is 1. The SMILES string of the molecule is [2H]C([2H])([2H])C(N[C@H](C)[C@@H](O)c1cccc(Cl)c1)(C([2H])([2H])[2H])C([2H])([2H])[2H]. The predicted octanol–water partition coefficient (Wildman–Crippen LogP) is 3.15. The first kappa shape index (κ1) is 5.38. The number of aliphatic hydroxyl groups is 1. The lowest BCUT2D eigenvalue weighted by Gasteiger charge is -2.29. The minimum Gasteiger partial charge on any atom is -0.387 e. The molecule has 0 amide bonds. The molecule has 0 spiro atoms. The van der Waals surface area contributed by atoms with Crippen LogP contribution >= 0.6 is 11.6 Å². The Morgan fingerprint density at radius 2 is 2.12 bits per heavy atom. The van der Waals surface area contributed by atoms with Crippen molar-refractivity contribution in [2.24, 2.45) is 0 Å². The monoisotopic (exact) mass is 250 g/mol. The highest BCUT2D eigenvalue weighted by atomic mass is 35.5. The van der Waals surface area contributed by atoms with Crippen LogP contribution < -0.4 is 5.32 Å². The molecule has 1 aromatic carbocycles. The zero-order chi connectivity index (χ0) is 19.8. The molecule has 0 unspecified atom stereocenters. The topological polar surface area (TPSA) is 32.3 Å². The minimum atomic E-state index is -3.38. The molecule has 3 heteroatoms. The highest BCUT2D eigenvalue weighted by Gasteiger charge is 2.21. The van der Waals surface area contributed by atoms with Crippen LogP contribution in [0.1, 0.15) is 51.5 Å². The maximum Gasteiger partial charge on any atom is 0.0940 e. The van der Waals surface area contributed by atoms with Crippen LogP contribution in [0.2, 0.25) is 5.02 Å². The van der Waals surface area contributed by atoms with E-state index < -0.39 is 38.2 Å². The summed E-state index contributed by atoms with van der Waals surface area (Å²) < 4.78 is 68.1. The number of halogens is 1. The molecule has 0 saturated carbocycles. The first-order valence-corrected chi connectivity index (χ1v) is 5.13. The van der Waals surface area contributed by atoms with Gasteiger partial charge in [-0.3, -0.25) is 0 Å². The fourth-order valence-electron chi connectivity index (χ4n) is 1.40. The molecule has 90 valence electrons. The number of hydrogen-bond donors (Lipinski definition) is 2. The molecule has 0 aliphatic carbocycles. The van der Waals surface area contributed by atoms with Gasteiger partial charge < -0.3 is 10.4 Å². The first-order chi connectivity index (χ1) is 11.0. The van der Waals surface area contributed by atoms with Gasteiger partial charge in [0.25, 0.3) is 0 Å². The van der Waals surface area contributed by atoms with Crippen molar-refractivity contribution in [3.63, 3.8) is 0 Å². The van der Waals surface area contributed by atoms with Gasteiger partial charge in [0.2, 0.25) is 0 Å². The Morgan fingerprint density at radius 1 is 1.44 bits per heavy atom. The lowest BCUT2D eigenvalue weighted by Crippen LogP contribution is -2.44. The van der Waals surface area contributed by atoms with Crippen molar-refractivity contribution < 1.29 is 17.4 Å². The second kappa shape index (κ2) is 5.17. The molecule has 1 rings (SSSR count). The van der Waals surface area contributed by atoms with E-state index in [0.29, 0.717) is 10.6 Å². The molecule has 0 aliphatic heterocycles. The van der Waals surface area contributed by atoms with Gasteiger partial charge in [-0.2, -0.15) is 0 Å². The normalized spacial score (nSPS) is 26.6. The molecular formula is C13H20ClNO. The molecule has 0 fully saturated rings. The van der Waals surface area contributed by atoms with Crippen LogP contribution in [0.4, 0.5) is 0 Å². The summed E-state index contributed by atoms with van der Waals surface area (Å²) in [5.41, 5.74) is -2.91. The number of aliphatic hydroxyl groups excluding tert-OH is 1. The van der Waals surface area contributed by atoms with Gasteiger partial charge >= 0.3 is 0 Å². The van der Waals surface area contributed by atoms with Crippen LogP contribution in [0.5, 0.6) is 0 Å². The minimum absolute atomic E-state index is 0.294. The summed E-state index contributed by atoms with van der Waals surface area (Å²) in [6.45, 7) is -8.84. The van der Waals surface area contributed by atoms with E-state index in [1.165, 1.54) is 19.1 Å². The molecule has 0 aliphatic rings. The standard InChI is InChI=1S/C13H20ClNO/c1-9(15-13(2,3)4)12(16)10-6-5-7-11(14)8-10/h5-9,12,15-16H,1-4H3/t9-,12-/m1/s1/i2D3,3D3,4D3. The molecule has 0 saturated heterocycles. The largest absolute Gasteiger partial charge is 0.387 e. The lowest BCUT2D eigenvalue weighted by atomic mass is 10.00. The van der Waals surface area contributed by atoms with Gasteiger partial charge in [0.1, 0.15) is 0 Å². The van der Waals surface area contributed by atoms with Crippen molar-refractivity contribution in [3.8, 4) is 0 Å². The maximum absolute atomic E-state index is 10.4. The Hall–Kier alpha value is -0.570. The Balaban J connectivity index is 3.35. The van der Waals surface area contributed by atoms with Gasteiger partial charge in [-0.1, -0.05) is 23.7 Å². The molecule has 2 atom stereocenters. The van der Waals surface area contributed by atoms with E-state index in [-0.39, 0.29) is 0 Å². The first-order valence-electron chi connectivity index (χ1n) is 9.26. The van der Waals surface area contributed by atoms with Crippen LogP contribution in [0.3, 0.4) is 0 Å². The summed E-state index contributed by atoms with van der Waals surface area (Å²) in [6.07, 6.45) is -1.37. The predicted molar refractivity (Wildman–Crippen MR) is 68.8 cm³/mol. The molecule has 1 aromatic rings. The summed E-state index contributed by atoms with van der Waals surface area (Å²) in [6, 6.07) is 4.86. The second-order valence-electron chi connectivity index (χ2n) is 3.68. The Labute approximate surface area is 115 Å². The van der Waals surface area contributed by atoms with Crippen molar-refractivity contribution in [2.75, 3.05) is 0 Å². The highest BCUT2D eigenvalue weighted by Crippen LogP contribution is 2.21. The van der Waals surface area contributed by atoms with Crippen molar-refractivity contribution in [3.05, 3.63) is 34.9 Å². The number of benzene rings is 1. The highest BCUT2D eigenvalue weighted by molar-refractivity contribution is 6.30. The van der Waals surface area contributed by atoms with Gasteiger partial charge in [0.15, 0.2) is 0 Å². The van der Waals surface area contributed by atoms with Crippen molar-refractivity contribution in [1.82, 2.24) is 5.32 Å². The van der Waals surface area contributed by atoms with Gasteiger partial charge in [-0.05, 0) is 45.2 Å². The van der Waals surface area contributed by atoms with Gasteiger partial charge in [0, 0.05) is 28.9 Å². The van der Waals surface area contributed by atoms with Crippen LogP contribution in [-0.2, 0) is 0 Å². The van der Waals surface area contributed by atoms with Gasteiger partial charge in [-0.15, -0.1) is 0 Å². The number of hydrogen-bond acceptors (Lipinski definition) is 2. The third-order valence-corrected chi connectivity index (χ3v) is 2.34. The smallest absolute Gasteiger partial charge is 0.0940 e. The molecule has 2 nitrogen and oxygen atoms in total. The van der Waals surface area contributed by atoms with E-state index in [2.05, 4.69) is 5.32 Å². The van der Waals surface area contributed by atoms with Crippen LogP contribution in [0, 0.1) is 0 Å². The number of rotatable bonds is 3. The van der Waals surface area contributed by atoms with Crippen LogP contribution in [-0.4, -0.2) is 16.7 Å². The van der Waals surface area contributed by atoms with Crippen LogP contribution in [0.25, 0.3) is 0 Å². The Kier molecular flexibility index (Phi) is 1.74. The van der Waals surface area contributed by atoms with E-state index >= 15 is 0 Å². The van der Waals surface area contributed by atoms with Crippen LogP contribution in [0.15, 0.2) is 24.3 Å². The Bertz CT molecular complexity index is 560. The molecule has 0 radical (unpaired) electrons.